The second-order valence-electron chi connectivity index (χ2n) is 3.27. The normalized spacial score (nSPS) is 40.1. The molecule has 0 aromatic carbocycles. The Hall–Kier alpha value is -0.780. The van der Waals surface area contributed by atoms with E-state index in [4.69, 9.17) is 19.7 Å². The molecule has 2 unspecified atom stereocenters. The van der Waals surface area contributed by atoms with E-state index in [0.29, 0.717) is 12.7 Å². The van der Waals surface area contributed by atoms with Gasteiger partial charge >= 0.3 is 0 Å². The fourth-order valence-electron chi connectivity index (χ4n) is 1.77. The average molecular weight is 204 g/mol. The van der Waals surface area contributed by atoms with Crippen molar-refractivity contribution in [2.45, 2.75) is 31.2 Å². The first-order chi connectivity index (χ1) is 6.63. The Balaban J connectivity index is 2.98. The lowest BCUT2D eigenvalue weighted by Gasteiger charge is -2.26. The van der Waals surface area contributed by atoms with E-state index in [0.717, 1.165) is 0 Å². The number of ether oxygens (including phenoxy) is 2. The highest BCUT2D eigenvalue weighted by Gasteiger charge is 2.52. The highest BCUT2D eigenvalue weighted by Crippen LogP contribution is 2.38. The van der Waals surface area contributed by atoms with Gasteiger partial charge in [0, 0.05) is 7.11 Å². The van der Waals surface area contributed by atoms with Crippen molar-refractivity contribution >= 4 is 0 Å². The molecule has 0 radical (unpaired) electrons. The van der Waals surface area contributed by atoms with Gasteiger partial charge in [-0.2, -0.15) is 0 Å². The van der Waals surface area contributed by atoms with Crippen molar-refractivity contribution in [3.05, 3.63) is 12.0 Å². The van der Waals surface area contributed by atoms with Crippen molar-refractivity contribution in [2.75, 3.05) is 13.7 Å². The lowest BCUT2D eigenvalue weighted by atomic mass is 9.91. The van der Waals surface area contributed by atoms with E-state index < -0.39 is 17.8 Å². The van der Waals surface area contributed by atoms with E-state index in [1.807, 2.05) is 0 Å². The zero-order chi connectivity index (χ0) is 10.8. The monoisotopic (exact) mass is 204 g/mol. The molecule has 1 fully saturated rings. The van der Waals surface area contributed by atoms with Crippen LogP contribution in [0.15, 0.2) is 12.0 Å². The molecule has 1 aliphatic heterocycles. The summed E-state index contributed by atoms with van der Waals surface area (Å²) in [6, 6.07) is 0. The zero-order valence-corrected chi connectivity index (χ0v) is 8.30. The molecule has 1 rings (SSSR count). The Morgan fingerprint density at radius 3 is 2.64 bits per heavy atom. The third-order valence-corrected chi connectivity index (χ3v) is 2.60. The van der Waals surface area contributed by atoms with Crippen LogP contribution in [0.25, 0.3) is 0 Å². The van der Waals surface area contributed by atoms with E-state index in [-0.39, 0.29) is 12.4 Å². The minimum absolute atomic E-state index is 0.0471. The SMILES string of the molecule is CCC1(O)/C(=C/O)OC(CO)[C@H]1OC. The molecule has 1 heterocycles. The van der Waals surface area contributed by atoms with Crippen LogP contribution in [0.1, 0.15) is 13.3 Å². The summed E-state index contributed by atoms with van der Waals surface area (Å²) in [6.45, 7) is 1.48. The number of aliphatic hydroxyl groups excluding tert-OH is 2. The van der Waals surface area contributed by atoms with Gasteiger partial charge < -0.3 is 24.8 Å². The summed E-state index contributed by atoms with van der Waals surface area (Å²) in [4.78, 5) is 0. The molecule has 0 aromatic rings. The van der Waals surface area contributed by atoms with Crippen molar-refractivity contribution in [1.29, 1.82) is 0 Å². The van der Waals surface area contributed by atoms with Gasteiger partial charge in [-0.25, -0.2) is 0 Å². The van der Waals surface area contributed by atoms with Crippen LogP contribution in [0, 0.1) is 0 Å². The third-order valence-electron chi connectivity index (χ3n) is 2.60. The number of aliphatic hydroxyl groups is 3. The van der Waals surface area contributed by atoms with Crippen LogP contribution in [0.4, 0.5) is 0 Å². The quantitative estimate of drug-likeness (QED) is 0.561. The van der Waals surface area contributed by atoms with Crippen molar-refractivity contribution in [3.63, 3.8) is 0 Å². The van der Waals surface area contributed by atoms with Gasteiger partial charge in [-0.15, -0.1) is 0 Å². The topological polar surface area (TPSA) is 79.2 Å². The van der Waals surface area contributed by atoms with Crippen molar-refractivity contribution in [1.82, 2.24) is 0 Å². The molecule has 1 aliphatic rings. The summed E-state index contributed by atoms with van der Waals surface area (Å²) in [5.74, 6) is 0.0471. The predicted octanol–water partition coefficient (Wildman–Crippen LogP) is -0.0670. The maximum absolute atomic E-state index is 10.1. The Bertz CT molecular complexity index is 227. The molecule has 14 heavy (non-hydrogen) atoms. The van der Waals surface area contributed by atoms with Crippen LogP contribution in [-0.2, 0) is 9.47 Å². The molecule has 1 saturated heterocycles. The number of methoxy groups -OCH3 is 1. The van der Waals surface area contributed by atoms with Gasteiger partial charge in [-0.1, -0.05) is 6.92 Å². The molecule has 5 nitrogen and oxygen atoms in total. The van der Waals surface area contributed by atoms with Gasteiger partial charge in [0.05, 0.1) is 6.61 Å². The number of rotatable bonds is 3. The second-order valence-corrected chi connectivity index (χ2v) is 3.27. The minimum atomic E-state index is -1.35. The first kappa shape index (κ1) is 11.3. The van der Waals surface area contributed by atoms with E-state index >= 15 is 0 Å². The van der Waals surface area contributed by atoms with Crippen molar-refractivity contribution < 1.29 is 24.8 Å². The van der Waals surface area contributed by atoms with Gasteiger partial charge in [0.2, 0.25) is 0 Å². The van der Waals surface area contributed by atoms with Gasteiger partial charge in [-0.05, 0) is 6.42 Å². The van der Waals surface area contributed by atoms with Crippen LogP contribution in [-0.4, -0.2) is 46.8 Å². The molecule has 0 spiro atoms. The largest absolute Gasteiger partial charge is 0.512 e. The van der Waals surface area contributed by atoms with Gasteiger partial charge in [0.25, 0.3) is 0 Å². The van der Waals surface area contributed by atoms with E-state index in [1.165, 1.54) is 7.11 Å². The Morgan fingerprint density at radius 2 is 2.29 bits per heavy atom. The Kier molecular flexibility index (Phi) is 3.36. The molecule has 5 heteroatoms. The van der Waals surface area contributed by atoms with Crippen LogP contribution >= 0.6 is 0 Å². The predicted molar refractivity (Wildman–Crippen MR) is 48.7 cm³/mol. The van der Waals surface area contributed by atoms with E-state index in [9.17, 15) is 5.11 Å². The standard InChI is InChI=1S/C9H16O5/c1-3-9(12)7(5-11)14-6(4-10)8(9)13-2/h5-6,8,10-12H,3-4H2,1-2H3/b7-5-/t6?,8-,9?/m1/s1. The molecule has 0 aromatic heterocycles. The highest BCUT2D eigenvalue weighted by atomic mass is 16.6. The molecule has 0 aliphatic carbocycles. The summed E-state index contributed by atoms with van der Waals surface area (Å²) in [5.41, 5.74) is -1.35. The number of hydrogen-bond donors (Lipinski definition) is 3. The minimum Gasteiger partial charge on any atom is -0.512 e. The molecule has 82 valence electrons. The fraction of sp³-hybridized carbons (Fsp3) is 0.778. The van der Waals surface area contributed by atoms with Crippen LogP contribution in [0.2, 0.25) is 0 Å². The smallest absolute Gasteiger partial charge is 0.165 e. The van der Waals surface area contributed by atoms with Gasteiger partial charge in [-0.3, -0.25) is 0 Å². The van der Waals surface area contributed by atoms with Gasteiger partial charge in [0.15, 0.2) is 17.5 Å². The third kappa shape index (κ3) is 1.47. The summed E-state index contributed by atoms with van der Waals surface area (Å²) in [6.07, 6.45) is -0.237. The number of hydrogen-bond acceptors (Lipinski definition) is 5. The highest BCUT2D eigenvalue weighted by molar-refractivity contribution is 5.18. The summed E-state index contributed by atoms with van der Waals surface area (Å²) < 4.78 is 10.2. The van der Waals surface area contributed by atoms with Crippen molar-refractivity contribution in [2.24, 2.45) is 0 Å². The zero-order valence-electron chi connectivity index (χ0n) is 8.30. The fourth-order valence-corrected chi connectivity index (χ4v) is 1.77. The molecule has 0 bridgehead atoms. The maximum Gasteiger partial charge on any atom is 0.165 e. The van der Waals surface area contributed by atoms with E-state index in [1.54, 1.807) is 6.92 Å². The van der Waals surface area contributed by atoms with E-state index in [2.05, 4.69) is 0 Å². The molecular weight excluding hydrogens is 188 g/mol. The maximum atomic E-state index is 10.1. The first-order valence-corrected chi connectivity index (χ1v) is 4.51. The molecular formula is C9H16O5. The Labute approximate surface area is 82.6 Å². The van der Waals surface area contributed by atoms with Crippen LogP contribution in [0.5, 0.6) is 0 Å². The lowest BCUT2D eigenvalue weighted by molar-refractivity contribution is -0.0747. The second kappa shape index (κ2) is 4.16. The summed E-state index contributed by atoms with van der Waals surface area (Å²) in [5, 5.41) is 28.0. The van der Waals surface area contributed by atoms with Crippen molar-refractivity contribution in [3.8, 4) is 0 Å². The summed E-state index contributed by atoms with van der Waals surface area (Å²) in [7, 11) is 1.43. The first-order valence-electron chi connectivity index (χ1n) is 4.51. The average Bonchev–Trinajstić information content (AvgIpc) is 2.50. The molecule has 3 atom stereocenters. The Morgan fingerprint density at radius 1 is 1.64 bits per heavy atom. The van der Waals surface area contributed by atoms with Crippen LogP contribution in [0.3, 0.4) is 0 Å². The molecule has 0 amide bonds. The van der Waals surface area contributed by atoms with Gasteiger partial charge in [0.1, 0.15) is 12.4 Å². The molecule has 0 saturated carbocycles. The lowest BCUT2D eigenvalue weighted by Crippen LogP contribution is -2.44. The molecule has 3 N–H and O–H groups in total. The van der Waals surface area contributed by atoms with Crippen LogP contribution < -0.4 is 0 Å². The summed E-state index contributed by atoms with van der Waals surface area (Å²) >= 11 is 0.